The third-order valence-electron chi connectivity index (χ3n) is 1.83. The molecule has 7 heteroatoms. The fourth-order valence-electron chi connectivity index (χ4n) is 1.10. The molecule has 1 aromatic carbocycles. The van der Waals surface area contributed by atoms with E-state index in [1.807, 2.05) is 0 Å². The van der Waals surface area contributed by atoms with Gasteiger partial charge in [0.2, 0.25) is 11.8 Å². The van der Waals surface area contributed by atoms with Crippen molar-refractivity contribution in [2.45, 2.75) is 0 Å². The molecule has 0 bridgehead atoms. The molecule has 2 N–H and O–H groups in total. The summed E-state index contributed by atoms with van der Waals surface area (Å²) in [6.45, 7) is 0. The summed E-state index contributed by atoms with van der Waals surface area (Å²) in [7, 11) is 0. The number of benzene rings is 1. The van der Waals surface area contributed by atoms with Crippen molar-refractivity contribution in [3.8, 4) is 11.6 Å². The fourth-order valence-corrected chi connectivity index (χ4v) is 2.23. The van der Waals surface area contributed by atoms with E-state index in [1.54, 1.807) is 18.2 Å². The maximum absolute atomic E-state index is 13.3. The summed E-state index contributed by atoms with van der Waals surface area (Å²) in [4.78, 5) is 7.18. The highest BCUT2D eigenvalue weighted by molar-refractivity contribution is 9.11. The second-order valence-corrected chi connectivity index (χ2v) is 4.83. The molecule has 0 unspecified atom stereocenters. The standard InChI is InChI=1S/C10H6Br2FN3O/c11-5-1-2-8(6(12)3-5)17-9-7(13)4-15-10(14)16-9/h1-4H,(H2,14,15,16). The number of ether oxygens (including phenoxy) is 1. The second kappa shape index (κ2) is 4.97. The predicted octanol–water partition coefficient (Wildman–Crippen LogP) is 3.52. The van der Waals surface area contributed by atoms with Crippen molar-refractivity contribution in [1.82, 2.24) is 9.97 Å². The molecular formula is C10H6Br2FN3O. The Kier molecular flexibility index (Phi) is 3.58. The number of anilines is 1. The first kappa shape index (κ1) is 12.3. The molecule has 88 valence electrons. The summed E-state index contributed by atoms with van der Waals surface area (Å²) < 4.78 is 20.2. The lowest BCUT2D eigenvalue weighted by Crippen LogP contribution is -1.99. The van der Waals surface area contributed by atoms with Crippen molar-refractivity contribution in [1.29, 1.82) is 0 Å². The van der Waals surface area contributed by atoms with E-state index in [0.717, 1.165) is 10.7 Å². The Bertz CT molecular complexity index is 565. The van der Waals surface area contributed by atoms with Gasteiger partial charge in [-0.15, -0.1) is 0 Å². The van der Waals surface area contributed by atoms with Crippen LogP contribution in [0.3, 0.4) is 0 Å². The van der Waals surface area contributed by atoms with Crippen LogP contribution >= 0.6 is 31.9 Å². The van der Waals surface area contributed by atoms with E-state index in [1.165, 1.54) is 0 Å². The van der Waals surface area contributed by atoms with Gasteiger partial charge in [-0.2, -0.15) is 9.37 Å². The summed E-state index contributed by atoms with van der Waals surface area (Å²) >= 11 is 6.60. The number of nitrogens with zero attached hydrogens (tertiary/aromatic N) is 2. The van der Waals surface area contributed by atoms with Gasteiger partial charge in [0.25, 0.3) is 5.88 Å². The van der Waals surface area contributed by atoms with Crippen LogP contribution in [0, 0.1) is 5.82 Å². The van der Waals surface area contributed by atoms with Crippen LogP contribution in [0.15, 0.2) is 33.3 Å². The SMILES string of the molecule is Nc1ncc(F)c(Oc2ccc(Br)cc2Br)n1. The number of hydrogen-bond acceptors (Lipinski definition) is 4. The van der Waals surface area contributed by atoms with Crippen LogP contribution in [-0.4, -0.2) is 9.97 Å². The van der Waals surface area contributed by atoms with Gasteiger partial charge in [-0.1, -0.05) is 15.9 Å². The minimum atomic E-state index is -0.672. The maximum Gasteiger partial charge on any atom is 0.260 e. The van der Waals surface area contributed by atoms with Gasteiger partial charge in [0.05, 0.1) is 10.7 Å². The lowest BCUT2D eigenvalue weighted by Gasteiger charge is -2.07. The normalized spacial score (nSPS) is 10.3. The van der Waals surface area contributed by atoms with E-state index in [0.29, 0.717) is 10.2 Å². The number of nitrogen functional groups attached to an aromatic ring is 1. The summed E-state index contributed by atoms with van der Waals surface area (Å²) in [5.41, 5.74) is 5.36. The van der Waals surface area contributed by atoms with E-state index in [9.17, 15) is 4.39 Å². The van der Waals surface area contributed by atoms with Crippen LogP contribution in [0.4, 0.5) is 10.3 Å². The van der Waals surface area contributed by atoms with Crippen LogP contribution in [0.1, 0.15) is 0 Å². The maximum atomic E-state index is 13.3. The van der Waals surface area contributed by atoms with Crippen molar-refractivity contribution in [3.05, 3.63) is 39.2 Å². The highest BCUT2D eigenvalue weighted by Crippen LogP contribution is 2.32. The molecule has 1 heterocycles. The van der Waals surface area contributed by atoms with Crippen LogP contribution in [0.2, 0.25) is 0 Å². The third kappa shape index (κ3) is 2.92. The number of rotatable bonds is 2. The molecule has 0 saturated carbocycles. The minimum Gasteiger partial charge on any atom is -0.435 e. The largest absolute Gasteiger partial charge is 0.435 e. The molecule has 0 aliphatic rings. The lowest BCUT2D eigenvalue weighted by molar-refractivity contribution is 0.419. The molecule has 0 aliphatic heterocycles. The quantitative estimate of drug-likeness (QED) is 0.887. The van der Waals surface area contributed by atoms with Crippen molar-refractivity contribution in [2.75, 3.05) is 5.73 Å². The van der Waals surface area contributed by atoms with E-state index in [4.69, 9.17) is 10.5 Å². The summed E-state index contributed by atoms with van der Waals surface area (Å²) in [5.74, 6) is -0.491. The smallest absolute Gasteiger partial charge is 0.260 e. The van der Waals surface area contributed by atoms with E-state index in [-0.39, 0.29) is 11.8 Å². The van der Waals surface area contributed by atoms with Gasteiger partial charge in [-0.3, -0.25) is 0 Å². The topological polar surface area (TPSA) is 61.0 Å². The van der Waals surface area contributed by atoms with Gasteiger partial charge in [-0.05, 0) is 34.1 Å². The Morgan fingerprint density at radius 3 is 2.76 bits per heavy atom. The van der Waals surface area contributed by atoms with Crippen LogP contribution in [0.5, 0.6) is 11.6 Å². The molecule has 0 radical (unpaired) electrons. The molecule has 0 amide bonds. The molecule has 4 nitrogen and oxygen atoms in total. The minimum absolute atomic E-state index is 0.0466. The van der Waals surface area contributed by atoms with E-state index in [2.05, 4.69) is 41.8 Å². The third-order valence-corrected chi connectivity index (χ3v) is 2.94. The summed E-state index contributed by atoms with van der Waals surface area (Å²) in [5, 5.41) is 0. The van der Waals surface area contributed by atoms with Crippen molar-refractivity contribution in [2.24, 2.45) is 0 Å². The average Bonchev–Trinajstić information content (AvgIpc) is 2.27. The van der Waals surface area contributed by atoms with E-state index < -0.39 is 5.82 Å². The van der Waals surface area contributed by atoms with Crippen molar-refractivity contribution >= 4 is 37.8 Å². The average molecular weight is 363 g/mol. The van der Waals surface area contributed by atoms with Gasteiger partial charge in [-0.25, -0.2) is 4.98 Å². The highest BCUT2D eigenvalue weighted by Gasteiger charge is 2.10. The van der Waals surface area contributed by atoms with Crippen LogP contribution in [-0.2, 0) is 0 Å². The van der Waals surface area contributed by atoms with Crippen molar-refractivity contribution in [3.63, 3.8) is 0 Å². The molecule has 0 fully saturated rings. The zero-order valence-electron chi connectivity index (χ0n) is 8.32. The van der Waals surface area contributed by atoms with Gasteiger partial charge in [0, 0.05) is 4.47 Å². The second-order valence-electron chi connectivity index (χ2n) is 3.06. The van der Waals surface area contributed by atoms with Crippen molar-refractivity contribution < 1.29 is 9.13 Å². The molecule has 0 spiro atoms. The summed E-state index contributed by atoms with van der Waals surface area (Å²) in [6, 6.07) is 5.21. The molecule has 0 atom stereocenters. The number of halogens is 3. The van der Waals surface area contributed by atoms with Gasteiger partial charge in [0.1, 0.15) is 5.75 Å². The predicted molar refractivity (Wildman–Crippen MR) is 68.3 cm³/mol. The Labute approximate surface area is 113 Å². The first-order valence-electron chi connectivity index (χ1n) is 4.47. The molecule has 0 aliphatic carbocycles. The molecular weight excluding hydrogens is 357 g/mol. The van der Waals surface area contributed by atoms with E-state index >= 15 is 0 Å². The molecule has 17 heavy (non-hydrogen) atoms. The number of hydrogen-bond donors (Lipinski definition) is 1. The Morgan fingerprint density at radius 1 is 1.29 bits per heavy atom. The number of aromatic nitrogens is 2. The zero-order chi connectivity index (χ0) is 12.4. The van der Waals surface area contributed by atoms with Gasteiger partial charge < -0.3 is 10.5 Å². The lowest BCUT2D eigenvalue weighted by atomic mass is 10.3. The van der Waals surface area contributed by atoms with Crippen LogP contribution in [0.25, 0.3) is 0 Å². The molecule has 1 aromatic heterocycles. The fraction of sp³-hybridized carbons (Fsp3) is 0. The first-order valence-corrected chi connectivity index (χ1v) is 6.06. The number of nitrogens with two attached hydrogens (primary N) is 1. The zero-order valence-corrected chi connectivity index (χ0v) is 11.5. The Morgan fingerprint density at radius 2 is 2.06 bits per heavy atom. The van der Waals surface area contributed by atoms with Gasteiger partial charge in [0.15, 0.2) is 0 Å². The van der Waals surface area contributed by atoms with Gasteiger partial charge >= 0.3 is 0 Å². The highest BCUT2D eigenvalue weighted by atomic mass is 79.9. The molecule has 0 saturated heterocycles. The Hall–Kier alpha value is -1.21. The molecule has 2 rings (SSSR count). The summed E-state index contributed by atoms with van der Waals surface area (Å²) in [6.07, 6.45) is 0.963. The Balaban J connectivity index is 2.34. The monoisotopic (exact) mass is 361 g/mol. The molecule has 2 aromatic rings. The van der Waals surface area contributed by atoms with Crippen LogP contribution < -0.4 is 10.5 Å². The first-order chi connectivity index (χ1) is 8.06.